The van der Waals surface area contributed by atoms with Crippen molar-refractivity contribution in [3.63, 3.8) is 0 Å². The maximum atomic E-state index is 6.13. The second kappa shape index (κ2) is 4.50. The summed E-state index contributed by atoms with van der Waals surface area (Å²) in [5, 5.41) is 9.62. The molecule has 0 spiro atoms. The van der Waals surface area contributed by atoms with Crippen molar-refractivity contribution in [2.24, 2.45) is 7.05 Å². The minimum absolute atomic E-state index is 0.781. The molecule has 4 aromatic carbocycles. The Morgan fingerprint density at radius 3 is 2.35 bits per heavy atom. The summed E-state index contributed by atoms with van der Waals surface area (Å²) < 4.78 is 2.20. The van der Waals surface area contributed by atoms with Gasteiger partial charge in [0.25, 0.3) is 0 Å². The summed E-state index contributed by atoms with van der Waals surface area (Å²) in [6.45, 7) is 0. The molecule has 110 valence electrons. The van der Waals surface area contributed by atoms with Crippen LogP contribution in [0.2, 0.25) is 5.02 Å². The summed E-state index contributed by atoms with van der Waals surface area (Å²) in [6.07, 6.45) is 2.12. The zero-order chi connectivity index (χ0) is 15.6. The first-order valence-corrected chi connectivity index (χ1v) is 8.08. The Bertz CT molecular complexity index is 1230. The maximum absolute atomic E-state index is 6.13. The fourth-order valence-electron chi connectivity index (χ4n) is 3.65. The predicted octanol–water partition coefficient (Wildman–Crippen LogP) is 6.29. The van der Waals surface area contributed by atoms with Gasteiger partial charge in [-0.1, -0.05) is 41.9 Å². The Hall–Kier alpha value is -2.51. The van der Waals surface area contributed by atoms with Crippen molar-refractivity contribution in [1.29, 1.82) is 0 Å². The van der Waals surface area contributed by atoms with Gasteiger partial charge in [-0.2, -0.15) is 0 Å². The molecule has 5 rings (SSSR count). The minimum Gasteiger partial charge on any atom is -0.350 e. The summed E-state index contributed by atoms with van der Waals surface area (Å²) in [4.78, 5) is 0. The van der Waals surface area contributed by atoms with Crippen LogP contribution in [0.15, 0.2) is 66.9 Å². The number of halogens is 1. The van der Waals surface area contributed by atoms with Crippen LogP contribution in [0.4, 0.5) is 0 Å². The molecule has 1 aromatic heterocycles. The zero-order valence-corrected chi connectivity index (χ0v) is 13.4. The molecule has 0 saturated carbocycles. The van der Waals surface area contributed by atoms with Crippen molar-refractivity contribution in [2.45, 2.75) is 0 Å². The molecule has 0 aliphatic heterocycles. The van der Waals surface area contributed by atoms with Gasteiger partial charge in [0.2, 0.25) is 0 Å². The largest absolute Gasteiger partial charge is 0.350 e. The quantitative estimate of drug-likeness (QED) is 0.234. The smallest absolute Gasteiger partial charge is 0.0557 e. The number of aryl methyl sites for hydroxylation is 1. The van der Waals surface area contributed by atoms with E-state index in [0.717, 1.165) is 5.02 Å². The summed E-state index contributed by atoms with van der Waals surface area (Å²) in [5.74, 6) is 0. The predicted molar refractivity (Wildman–Crippen MR) is 100 cm³/mol. The highest BCUT2D eigenvalue weighted by Crippen LogP contribution is 2.34. The molecular weight excluding hydrogens is 302 g/mol. The van der Waals surface area contributed by atoms with Gasteiger partial charge in [0.05, 0.1) is 5.52 Å². The lowest BCUT2D eigenvalue weighted by Crippen LogP contribution is -1.87. The highest BCUT2D eigenvalue weighted by Gasteiger charge is 2.08. The van der Waals surface area contributed by atoms with Gasteiger partial charge in [-0.3, -0.25) is 0 Å². The topological polar surface area (TPSA) is 4.93 Å². The van der Waals surface area contributed by atoms with E-state index in [9.17, 15) is 0 Å². The van der Waals surface area contributed by atoms with Crippen molar-refractivity contribution < 1.29 is 0 Å². The standard InChI is InChI=1S/C21H14ClN/c1-23-9-8-13-3-6-18-19(21(13)23)7-4-15-10-16-11-17(22)5-2-14(16)12-20(15)18/h2-12H,1H3. The maximum Gasteiger partial charge on any atom is 0.0557 e. The molecule has 0 bridgehead atoms. The molecule has 1 heterocycles. The molecule has 0 fully saturated rings. The Morgan fingerprint density at radius 2 is 1.43 bits per heavy atom. The molecule has 0 amide bonds. The van der Waals surface area contributed by atoms with Crippen molar-refractivity contribution in [3.05, 3.63) is 71.9 Å². The molecule has 0 aliphatic carbocycles. The average Bonchev–Trinajstić information content (AvgIpc) is 2.94. The molecular formula is C21H14ClN. The molecule has 0 aliphatic rings. The molecule has 0 N–H and O–H groups in total. The van der Waals surface area contributed by atoms with E-state index in [1.165, 1.54) is 43.2 Å². The monoisotopic (exact) mass is 315 g/mol. The van der Waals surface area contributed by atoms with Gasteiger partial charge < -0.3 is 4.57 Å². The van der Waals surface area contributed by atoms with Crippen LogP contribution in [-0.2, 0) is 7.05 Å². The lowest BCUT2D eigenvalue weighted by molar-refractivity contribution is 0.973. The average molecular weight is 316 g/mol. The number of rotatable bonds is 0. The van der Waals surface area contributed by atoms with Gasteiger partial charge >= 0.3 is 0 Å². The van der Waals surface area contributed by atoms with Crippen molar-refractivity contribution in [3.8, 4) is 0 Å². The van der Waals surface area contributed by atoms with Crippen LogP contribution < -0.4 is 0 Å². The second-order valence-corrected chi connectivity index (χ2v) is 6.59. The SMILES string of the molecule is Cn1ccc2ccc3c4cc5ccc(Cl)cc5cc4ccc3c21. The van der Waals surface area contributed by atoms with Crippen LogP contribution in [-0.4, -0.2) is 4.57 Å². The number of aromatic nitrogens is 1. The summed E-state index contributed by atoms with van der Waals surface area (Å²) in [7, 11) is 2.11. The molecule has 23 heavy (non-hydrogen) atoms. The first-order chi connectivity index (χ1) is 11.2. The molecule has 1 nitrogen and oxygen atoms in total. The third-order valence-electron chi connectivity index (χ3n) is 4.77. The van der Waals surface area contributed by atoms with Gasteiger partial charge in [0.15, 0.2) is 0 Å². The fraction of sp³-hybridized carbons (Fsp3) is 0.0476. The highest BCUT2D eigenvalue weighted by atomic mass is 35.5. The Kier molecular flexibility index (Phi) is 2.54. The molecule has 0 radical (unpaired) electrons. The van der Waals surface area contributed by atoms with E-state index in [0.29, 0.717) is 0 Å². The first kappa shape index (κ1) is 13.0. The van der Waals surface area contributed by atoms with E-state index < -0.39 is 0 Å². The van der Waals surface area contributed by atoms with E-state index in [2.05, 4.69) is 66.3 Å². The van der Waals surface area contributed by atoms with Crippen LogP contribution in [0, 0.1) is 0 Å². The second-order valence-electron chi connectivity index (χ2n) is 6.16. The van der Waals surface area contributed by atoms with E-state index >= 15 is 0 Å². The molecule has 0 saturated heterocycles. The van der Waals surface area contributed by atoms with Gasteiger partial charge in [-0.15, -0.1) is 0 Å². The van der Waals surface area contributed by atoms with E-state index in [4.69, 9.17) is 11.6 Å². The van der Waals surface area contributed by atoms with Crippen LogP contribution >= 0.6 is 11.6 Å². The first-order valence-electron chi connectivity index (χ1n) is 7.70. The van der Waals surface area contributed by atoms with Crippen LogP contribution in [0.3, 0.4) is 0 Å². The highest BCUT2D eigenvalue weighted by molar-refractivity contribution is 6.31. The Balaban J connectivity index is 2.00. The number of nitrogens with zero attached hydrogens (tertiary/aromatic N) is 1. The minimum atomic E-state index is 0.781. The molecule has 0 atom stereocenters. The summed E-state index contributed by atoms with van der Waals surface area (Å²) >= 11 is 6.13. The molecule has 0 unspecified atom stereocenters. The van der Waals surface area contributed by atoms with Crippen molar-refractivity contribution >= 4 is 54.8 Å². The van der Waals surface area contributed by atoms with Gasteiger partial charge in [0, 0.05) is 29.0 Å². The number of benzene rings is 4. The fourth-order valence-corrected chi connectivity index (χ4v) is 3.83. The van der Waals surface area contributed by atoms with Gasteiger partial charge in [0.1, 0.15) is 0 Å². The van der Waals surface area contributed by atoms with Gasteiger partial charge in [-0.05, 0) is 57.3 Å². The van der Waals surface area contributed by atoms with E-state index in [-0.39, 0.29) is 0 Å². The summed E-state index contributed by atoms with van der Waals surface area (Å²) in [6, 6.07) is 21.6. The lowest BCUT2D eigenvalue weighted by atomic mass is 9.97. The number of hydrogen-bond acceptors (Lipinski definition) is 0. The molecule has 2 heteroatoms. The summed E-state index contributed by atoms with van der Waals surface area (Å²) in [5.41, 5.74) is 1.29. The third kappa shape index (κ3) is 1.80. The molecule has 5 aromatic rings. The van der Waals surface area contributed by atoms with Crippen molar-refractivity contribution in [1.82, 2.24) is 4.57 Å². The normalized spacial score (nSPS) is 11.9. The lowest BCUT2D eigenvalue weighted by Gasteiger charge is -2.09. The van der Waals surface area contributed by atoms with Crippen LogP contribution in [0.25, 0.3) is 43.2 Å². The zero-order valence-electron chi connectivity index (χ0n) is 12.7. The van der Waals surface area contributed by atoms with E-state index in [1.54, 1.807) is 0 Å². The van der Waals surface area contributed by atoms with E-state index in [1.807, 2.05) is 12.1 Å². The Labute approximate surface area is 138 Å². The van der Waals surface area contributed by atoms with Gasteiger partial charge in [-0.25, -0.2) is 0 Å². The van der Waals surface area contributed by atoms with Crippen LogP contribution in [0.5, 0.6) is 0 Å². The van der Waals surface area contributed by atoms with Crippen LogP contribution in [0.1, 0.15) is 0 Å². The van der Waals surface area contributed by atoms with Crippen molar-refractivity contribution in [2.75, 3.05) is 0 Å². The number of hydrogen-bond donors (Lipinski definition) is 0. The Morgan fingerprint density at radius 1 is 0.652 bits per heavy atom. The number of fused-ring (bicyclic) bond motifs is 6. The third-order valence-corrected chi connectivity index (χ3v) is 5.00.